The zero-order valence-corrected chi connectivity index (χ0v) is 28.9. The Bertz CT molecular complexity index is 1710. The molecular formula is C36H40BrN3O5S. The summed E-state index contributed by atoms with van der Waals surface area (Å²) in [5.41, 5.74) is 1.37. The van der Waals surface area contributed by atoms with Gasteiger partial charge in [0.15, 0.2) is 0 Å². The summed E-state index contributed by atoms with van der Waals surface area (Å²) in [5.74, 6) is -0.288. The second-order valence-electron chi connectivity index (χ2n) is 11.8. The molecule has 0 unspecified atom stereocenters. The van der Waals surface area contributed by atoms with Crippen molar-refractivity contribution < 1.29 is 22.7 Å². The average molecular weight is 707 g/mol. The van der Waals surface area contributed by atoms with E-state index in [1.807, 2.05) is 82.3 Å². The van der Waals surface area contributed by atoms with Gasteiger partial charge in [0.05, 0.1) is 17.2 Å². The highest BCUT2D eigenvalue weighted by atomic mass is 79.9. The van der Waals surface area contributed by atoms with Crippen LogP contribution in [0.3, 0.4) is 0 Å². The SMILES string of the molecule is CCOc1ccc(N(CC(=O)N(Cc2cccc(Br)c2)[C@H](Cc2ccccc2)C(=O)NC(C)(C)C)S(=O)(=O)c2ccccc2)cc1. The Hall–Kier alpha value is -4.15. The zero-order chi connectivity index (χ0) is 33.3. The number of ether oxygens (including phenoxy) is 1. The van der Waals surface area contributed by atoms with Crippen LogP contribution < -0.4 is 14.4 Å². The third kappa shape index (κ3) is 9.43. The van der Waals surface area contributed by atoms with Gasteiger partial charge < -0.3 is 15.0 Å². The van der Waals surface area contributed by atoms with Crippen molar-refractivity contribution in [2.45, 2.75) is 57.1 Å². The fourth-order valence-electron chi connectivity index (χ4n) is 4.96. The first-order valence-electron chi connectivity index (χ1n) is 15.1. The molecule has 0 radical (unpaired) electrons. The van der Waals surface area contributed by atoms with Crippen molar-refractivity contribution in [2.24, 2.45) is 0 Å². The number of nitrogens with zero attached hydrogens (tertiary/aromatic N) is 2. The van der Waals surface area contributed by atoms with Crippen LogP contribution in [0.5, 0.6) is 5.75 Å². The number of nitrogens with one attached hydrogen (secondary N) is 1. The van der Waals surface area contributed by atoms with Crippen molar-refractivity contribution in [3.63, 3.8) is 0 Å². The monoisotopic (exact) mass is 705 g/mol. The van der Waals surface area contributed by atoms with E-state index in [1.165, 1.54) is 17.0 Å². The van der Waals surface area contributed by atoms with Gasteiger partial charge in [-0.15, -0.1) is 0 Å². The van der Waals surface area contributed by atoms with E-state index in [0.717, 1.165) is 19.9 Å². The lowest BCUT2D eigenvalue weighted by Crippen LogP contribution is -2.56. The third-order valence-electron chi connectivity index (χ3n) is 7.06. The van der Waals surface area contributed by atoms with E-state index in [1.54, 1.807) is 42.5 Å². The van der Waals surface area contributed by atoms with Crippen LogP contribution in [0.1, 0.15) is 38.8 Å². The quantitative estimate of drug-likeness (QED) is 0.169. The Labute approximate surface area is 280 Å². The number of carbonyl (C=O) groups is 2. The van der Waals surface area contributed by atoms with Crippen LogP contribution in [0.25, 0.3) is 0 Å². The number of carbonyl (C=O) groups excluding carboxylic acids is 2. The number of benzene rings is 4. The number of anilines is 1. The first kappa shape index (κ1) is 34.7. The number of halogens is 1. The molecule has 0 saturated carbocycles. The van der Waals surface area contributed by atoms with Gasteiger partial charge in [-0.3, -0.25) is 13.9 Å². The van der Waals surface area contributed by atoms with Crippen molar-refractivity contribution in [1.29, 1.82) is 0 Å². The molecule has 0 aliphatic heterocycles. The Morgan fingerprint density at radius 3 is 2.04 bits per heavy atom. The van der Waals surface area contributed by atoms with E-state index in [4.69, 9.17) is 4.74 Å². The van der Waals surface area contributed by atoms with Crippen LogP contribution in [0.2, 0.25) is 0 Å². The topological polar surface area (TPSA) is 96.0 Å². The summed E-state index contributed by atoms with van der Waals surface area (Å²) in [4.78, 5) is 30.1. The first-order valence-corrected chi connectivity index (χ1v) is 17.3. The maximum absolute atomic E-state index is 14.6. The van der Waals surface area contributed by atoms with Gasteiger partial charge in [-0.2, -0.15) is 0 Å². The molecule has 10 heteroatoms. The van der Waals surface area contributed by atoms with Crippen LogP contribution in [-0.4, -0.2) is 49.9 Å². The molecule has 0 aliphatic rings. The van der Waals surface area contributed by atoms with E-state index in [9.17, 15) is 18.0 Å². The van der Waals surface area contributed by atoms with E-state index in [2.05, 4.69) is 21.2 Å². The van der Waals surface area contributed by atoms with Crippen LogP contribution in [0.15, 0.2) is 119 Å². The molecule has 1 N–H and O–H groups in total. The van der Waals surface area contributed by atoms with Gasteiger partial charge in [0.2, 0.25) is 11.8 Å². The smallest absolute Gasteiger partial charge is 0.264 e. The first-order chi connectivity index (χ1) is 21.9. The van der Waals surface area contributed by atoms with E-state index >= 15 is 0 Å². The van der Waals surface area contributed by atoms with Gasteiger partial charge in [-0.1, -0.05) is 76.6 Å². The molecule has 4 aromatic carbocycles. The largest absolute Gasteiger partial charge is 0.494 e. The highest BCUT2D eigenvalue weighted by Gasteiger charge is 2.35. The zero-order valence-electron chi connectivity index (χ0n) is 26.5. The molecule has 46 heavy (non-hydrogen) atoms. The van der Waals surface area contributed by atoms with E-state index in [0.29, 0.717) is 18.0 Å². The number of sulfonamides is 1. The molecule has 4 rings (SSSR count). The molecular weight excluding hydrogens is 666 g/mol. The van der Waals surface area contributed by atoms with Crippen molar-refractivity contribution >= 4 is 43.5 Å². The fraction of sp³-hybridized carbons (Fsp3) is 0.278. The summed E-state index contributed by atoms with van der Waals surface area (Å²) in [7, 11) is -4.18. The van der Waals surface area contributed by atoms with Crippen LogP contribution in [-0.2, 0) is 32.6 Å². The molecule has 242 valence electrons. The summed E-state index contributed by atoms with van der Waals surface area (Å²) in [6.45, 7) is 7.50. The normalized spacial score (nSPS) is 12.2. The summed E-state index contributed by atoms with van der Waals surface area (Å²) in [6.07, 6.45) is 0.233. The lowest BCUT2D eigenvalue weighted by Gasteiger charge is -2.35. The van der Waals surface area contributed by atoms with Crippen molar-refractivity contribution in [2.75, 3.05) is 17.5 Å². The Morgan fingerprint density at radius 2 is 1.46 bits per heavy atom. The number of amides is 2. The van der Waals surface area contributed by atoms with Crippen molar-refractivity contribution in [1.82, 2.24) is 10.2 Å². The van der Waals surface area contributed by atoms with Gasteiger partial charge in [0, 0.05) is 23.0 Å². The summed E-state index contributed by atoms with van der Waals surface area (Å²) in [6, 6.07) is 30.6. The summed E-state index contributed by atoms with van der Waals surface area (Å²) >= 11 is 3.51. The lowest BCUT2D eigenvalue weighted by molar-refractivity contribution is -0.140. The van der Waals surface area contributed by atoms with Crippen LogP contribution >= 0.6 is 15.9 Å². The molecule has 2 amide bonds. The van der Waals surface area contributed by atoms with Crippen molar-refractivity contribution in [3.8, 4) is 5.75 Å². The average Bonchev–Trinajstić information content (AvgIpc) is 3.02. The Kier molecular flexibility index (Phi) is 11.6. The molecule has 0 aliphatic carbocycles. The highest BCUT2D eigenvalue weighted by molar-refractivity contribution is 9.10. The van der Waals surface area contributed by atoms with Gasteiger partial charge >= 0.3 is 0 Å². The second kappa shape index (κ2) is 15.4. The molecule has 0 fully saturated rings. The number of hydrogen-bond acceptors (Lipinski definition) is 5. The van der Waals surface area contributed by atoms with Crippen LogP contribution in [0.4, 0.5) is 5.69 Å². The Morgan fingerprint density at radius 1 is 0.848 bits per heavy atom. The molecule has 0 heterocycles. The summed E-state index contributed by atoms with van der Waals surface area (Å²) in [5, 5.41) is 3.04. The van der Waals surface area contributed by atoms with Gasteiger partial charge in [0.1, 0.15) is 18.3 Å². The molecule has 4 aromatic rings. The predicted octanol–water partition coefficient (Wildman–Crippen LogP) is 6.60. The highest BCUT2D eigenvalue weighted by Crippen LogP contribution is 2.27. The van der Waals surface area contributed by atoms with Gasteiger partial charge in [-0.05, 0) is 87.4 Å². The minimum atomic E-state index is -4.18. The molecule has 1 atom stereocenters. The van der Waals surface area contributed by atoms with Crippen molar-refractivity contribution in [3.05, 3.63) is 125 Å². The van der Waals surface area contributed by atoms with E-state index in [-0.39, 0.29) is 23.8 Å². The van der Waals surface area contributed by atoms with Gasteiger partial charge in [0.25, 0.3) is 10.0 Å². The lowest BCUT2D eigenvalue weighted by atomic mass is 10.0. The Balaban J connectivity index is 1.81. The standard InChI is InChI=1S/C36H40BrN3O5S/c1-5-45-31-21-19-30(20-22-31)40(46(43,44)32-17-10-7-11-18-32)26-34(41)39(25-28-15-12-16-29(37)23-28)33(35(42)38-36(2,3)4)24-27-13-8-6-9-14-27/h6-23,33H,5,24-26H2,1-4H3,(H,38,42)/t33-/m1/s1. The maximum atomic E-state index is 14.6. The molecule has 0 saturated heterocycles. The summed E-state index contributed by atoms with van der Waals surface area (Å²) < 4.78 is 35.7. The second-order valence-corrected chi connectivity index (χ2v) is 14.6. The van der Waals surface area contributed by atoms with Gasteiger partial charge in [-0.25, -0.2) is 8.42 Å². The molecule has 0 bridgehead atoms. The molecule has 0 aromatic heterocycles. The number of rotatable bonds is 13. The minimum Gasteiger partial charge on any atom is -0.494 e. The maximum Gasteiger partial charge on any atom is 0.264 e. The molecule has 8 nitrogen and oxygen atoms in total. The number of hydrogen-bond donors (Lipinski definition) is 1. The minimum absolute atomic E-state index is 0.0431. The fourth-order valence-corrected chi connectivity index (χ4v) is 6.84. The van der Waals surface area contributed by atoms with Crippen LogP contribution in [0, 0.1) is 0 Å². The predicted molar refractivity (Wildman–Crippen MR) is 185 cm³/mol. The van der Waals surface area contributed by atoms with E-state index < -0.39 is 34.1 Å². The third-order valence-corrected chi connectivity index (χ3v) is 9.34. The molecule has 0 spiro atoms.